The zero-order valence-electron chi connectivity index (χ0n) is 15.1. The first-order valence-corrected chi connectivity index (χ1v) is 10.8. The van der Waals surface area contributed by atoms with Crippen LogP contribution in [-0.4, -0.2) is 86.7 Å². The summed E-state index contributed by atoms with van der Waals surface area (Å²) in [6.45, 7) is 3.28. The Hall–Kier alpha value is -1.71. The van der Waals surface area contributed by atoms with Crippen molar-refractivity contribution in [1.29, 1.82) is 0 Å². The molecule has 0 aromatic carbocycles. The Morgan fingerprint density at radius 1 is 1.31 bits per heavy atom. The first-order chi connectivity index (χ1) is 12.4. The number of piperazine rings is 1. The van der Waals surface area contributed by atoms with Crippen molar-refractivity contribution in [2.24, 2.45) is 0 Å². The van der Waals surface area contributed by atoms with Crippen molar-refractivity contribution < 1.29 is 17.9 Å². The molecular weight excluding hydrogens is 356 g/mol. The Balaban J connectivity index is 1.55. The highest BCUT2D eigenvalue weighted by molar-refractivity contribution is 7.88. The molecule has 9 heteroatoms. The molecule has 1 aromatic rings. The van der Waals surface area contributed by atoms with Crippen LogP contribution in [0.2, 0.25) is 0 Å². The van der Waals surface area contributed by atoms with Crippen molar-refractivity contribution in [3.8, 4) is 0 Å². The molecule has 0 aliphatic carbocycles. The van der Waals surface area contributed by atoms with Crippen LogP contribution in [0.4, 0.5) is 5.82 Å². The summed E-state index contributed by atoms with van der Waals surface area (Å²) >= 11 is 0. The lowest BCUT2D eigenvalue weighted by molar-refractivity contribution is -0.131. The van der Waals surface area contributed by atoms with Crippen molar-refractivity contribution in [3.05, 3.63) is 24.4 Å². The molecule has 3 rings (SSSR count). The van der Waals surface area contributed by atoms with Crippen LogP contribution in [0.5, 0.6) is 0 Å². The molecule has 2 fully saturated rings. The summed E-state index contributed by atoms with van der Waals surface area (Å²) in [7, 11) is -3.45. The number of hydrogen-bond donors (Lipinski definition) is 0. The smallest absolute Gasteiger partial charge is 0.238 e. The molecule has 144 valence electrons. The lowest BCUT2D eigenvalue weighted by Gasteiger charge is -2.36. The second-order valence-electron chi connectivity index (χ2n) is 6.75. The van der Waals surface area contributed by atoms with E-state index in [1.807, 2.05) is 18.2 Å². The first-order valence-electron chi connectivity index (χ1n) is 8.94. The topological polar surface area (TPSA) is 83.1 Å². The Kier molecular flexibility index (Phi) is 6.10. The SMILES string of the molecule is CS(=O)(=O)N(CC(=O)N1CCN(c2ccccn2)CC1)CC1CCCO1. The number of carbonyl (C=O) groups is 1. The van der Waals surface area contributed by atoms with Gasteiger partial charge in [-0.1, -0.05) is 6.07 Å². The molecule has 0 N–H and O–H groups in total. The van der Waals surface area contributed by atoms with E-state index in [1.165, 1.54) is 4.31 Å². The van der Waals surface area contributed by atoms with E-state index in [4.69, 9.17) is 4.74 Å². The van der Waals surface area contributed by atoms with E-state index in [-0.39, 0.29) is 25.1 Å². The van der Waals surface area contributed by atoms with E-state index in [0.29, 0.717) is 32.8 Å². The highest BCUT2D eigenvalue weighted by Gasteiger charge is 2.29. The minimum Gasteiger partial charge on any atom is -0.377 e. The Labute approximate surface area is 154 Å². The second kappa shape index (κ2) is 8.32. The van der Waals surface area contributed by atoms with Crippen molar-refractivity contribution in [2.75, 3.05) is 57.0 Å². The predicted molar refractivity (Wildman–Crippen MR) is 98.4 cm³/mol. The number of amides is 1. The number of pyridine rings is 1. The second-order valence-corrected chi connectivity index (χ2v) is 8.73. The fourth-order valence-corrected chi connectivity index (χ4v) is 4.09. The molecule has 1 atom stereocenters. The van der Waals surface area contributed by atoms with E-state index < -0.39 is 10.0 Å². The van der Waals surface area contributed by atoms with Crippen LogP contribution in [0.3, 0.4) is 0 Å². The van der Waals surface area contributed by atoms with Gasteiger partial charge in [-0.25, -0.2) is 13.4 Å². The number of carbonyl (C=O) groups excluding carboxylic acids is 1. The van der Waals surface area contributed by atoms with Gasteiger partial charge in [-0.15, -0.1) is 0 Å². The highest BCUT2D eigenvalue weighted by atomic mass is 32.2. The quantitative estimate of drug-likeness (QED) is 0.698. The number of aromatic nitrogens is 1. The summed E-state index contributed by atoms with van der Waals surface area (Å²) in [6, 6.07) is 5.76. The Morgan fingerprint density at radius 2 is 2.08 bits per heavy atom. The summed E-state index contributed by atoms with van der Waals surface area (Å²) in [5, 5.41) is 0. The minimum atomic E-state index is -3.45. The van der Waals surface area contributed by atoms with E-state index in [9.17, 15) is 13.2 Å². The van der Waals surface area contributed by atoms with Gasteiger partial charge in [-0.05, 0) is 25.0 Å². The third-order valence-electron chi connectivity index (χ3n) is 4.82. The van der Waals surface area contributed by atoms with Gasteiger partial charge >= 0.3 is 0 Å². The van der Waals surface area contributed by atoms with Crippen molar-refractivity contribution >= 4 is 21.7 Å². The van der Waals surface area contributed by atoms with Gasteiger partial charge < -0.3 is 14.5 Å². The number of nitrogens with zero attached hydrogens (tertiary/aromatic N) is 4. The van der Waals surface area contributed by atoms with Gasteiger partial charge in [0.05, 0.1) is 18.9 Å². The van der Waals surface area contributed by atoms with Gasteiger partial charge in [0.2, 0.25) is 15.9 Å². The van der Waals surface area contributed by atoms with E-state index in [2.05, 4.69) is 9.88 Å². The van der Waals surface area contributed by atoms with Crippen LogP contribution in [0.1, 0.15) is 12.8 Å². The van der Waals surface area contributed by atoms with Crippen LogP contribution < -0.4 is 4.90 Å². The average Bonchev–Trinajstić information content (AvgIpc) is 3.14. The molecule has 2 aliphatic heterocycles. The third-order valence-corrected chi connectivity index (χ3v) is 6.03. The highest BCUT2D eigenvalue weighted by Crippen LogP contribution is 2.16. The van der Waals surface area contributed by atoms with Crippen molar-refractivity contribution in [1.82, 2.24) is 14.2 Å². The molecule has 0 saturated carbocycles. The lowest BCUT2D eigenvalue weighted by atomic mass is 10.2. The number of ether oxygens (including phenoxy) is 1. The van der Waals surface area contributed by atoms with Crippen LogP contribution in [0.25, 0.3) is 0 Å². The van der Waals surface area contributed by atoms with Gasteiger partial charge in [0, 0.05) is 45.5 Å². The number of anilines is 1. The molecule has 26 heavy (non-hydrogen) atoms. The lowest BCUT2D eigenvalue weighted by Crippen LogP contribution is -2.52. The summed E-state index contributed by atoms with van der Waals surface area (Å²) in [5.41, 5.74) is 0. The number of hydrogen-bond acceptors (Lipinski definition) is 6. The fraction of sp³-hybridized carbons (Fsp3) is 0.647. The van der Waals surface area contributed by atoms with Gasteiger partial charge in [0.25, 0.3) is 0 Å². The van der Waals surface area contributed by atoms with E-state index in [1.54, 1.807) is 11.1 Å². The number of sulfonamides is 1. The van der Waals surface area contributed by atoms with Crippen molar-refractivity contribution in [3.63, 3.8) is 0 Å². The third kappa shape index (κ3) is 4.93. The van der Waals surface area contributed by atoms with Gasteiger partial charge in [0.1, 0.15) is 5.82 Å². The Bertz CT molecular complexity index is 699. The zero-order valence-corrected chi connectivity index (χ0v) is 15.9. The average molecular weight is 382 g/mol. The van der Waals surface area contributed by atoms with Gasteiger partial charge in [-0.3, -0.25) is 4.79 Å². The minimum absolute atomic E-state index is 0.112. The number of rotatable bonds is 6. The molecule has 1 amide bonds. The van der Waals surface area contributed by atoms with Gasteiger partial charge in [0.15, 0.2) is 0 Å². The van der Waals surface area contributed by atoms with Crippen molar-refractivity contribution in [2.45, 2.75) is 18.9 Å². The molecule has 0 bridgehead atoms. The summed E-state index contributed by atoms with van der Waals surface area (Å²) in [4.78, 5) is 20.8. The monoisotopic (exact) mass is 382 g/mol. The largest absolute Gasteiger partial charge is 0.377 e. The molecule has 1 aromatic heterocycles. The molecule has 2 saturated heterocycles. The zero-order chi connectivity index (χ0) is 18.6. The molecule has 0 radical (unpaired) electrons. The molecule has 0 spiro atoms. The van der Waals surface area contributed by atoms with Crippen LogP contribution in [0, 0.1) is 0 Å². The molecule has 3 heterocycles. The molecule has 1 unspecified atom stereocenters. The van der Waals surface area contributed by atoms with Gasteiger partial charge in [-0.2, -0.15) is 4.31 Å². The predicted octanol–water partition coefficient (Wildman–Crippen LogP) is 0.171. The normalized spacial score (nSPS) is 21.4. The van der Waals surface area contributed by atoms with Crippen LogP contribution in [0.15, 0.2) is 24.4 Å². The van der Waals surface area contributed by atoms with Crippen LogP contribution in [-0.2, 0) is 19.6 Å². The molecule has 2 aliphatic rings. The molecule has 8 nitrogen and oxygen atoms in total. The summed E-state index contributed by atoms with van der Waals surface area (Å²) in [6.07, 6.45) is 4.56. The maximum Gasteiger partial charge on any atom is 0.238 e. The summed E-state index contributed by atoms with van der Waals surface area (Å²) in [5.74, 6) is 0.741. The fourth-order valence-electron chi connectivity index (χ4n) is 3.31. The maximum absolute atomic E-state index is 12.6. The maximum atomic E-state index is 12.6. The standard InChI is InChI=1S/C17H26N4O4S/c1-26(23,24)21(13-15-5-4-12-25-15)14-17(22)20-10-8-19(9-11-20)16-6-2-3-7-18-16/h2-3,6-7,15H,4-5,8-14H2,1H3. The van der Waals surface area contributed by atoms with Crippen LogP contribution >= 0.6 is 0 Å². The Morgan fingerprint density at radius 3 is 2.65 bits per heavy atom. The molecular formula is C17H26N4O4S. The summed E-state index contributed by atoms with van der Waals surface area (Å²) < 4.78 is 30.9. The first kappa shape index (κ1) is 19.1. The van der Waals surface area contributed by atoms with E-state index in [0.717, 1.165) is 24.9 Å². The van der Waals surface area contributed by atoms with E-state index >= 15 is 0 Å².